The highest BCUT2D eigenvalue weighted by molar-refractivity contribution is 7.11. The van der Waals surface area contributed by atoms with Gasteiger partial charge in [-0.05, 0) is 74.5 Å². The number of thiazole rings is 1. The molecule has 4 fully saturated rings. The second kappa shape index (κ2) is 8.26. The number of amides is 1. The molecule has 35 heavy (non-hydrogen) atoms. The minimum Gasteiger partial charge on any atom is -0.509 e. The van der Waals surface area contributed by atoms with E-state index in [2.05, 4.69) is 10.8 Å². The van der Waals surface area contributed by atoms with Crippen LogP contribution >= 0.6 is 11.3 Å². The Morgan fingerprint density at radius 3 is 2.43 bits per heavy atom. The maximum absolute atomic E-state index is 12.9. The van der Waals surface area contributed by atoms with Crippen LogP contribution in [-0.4, -0.2) is 47.6 Å². The van der Waals surface area contributed by atoms with Gasteiger partial charge in [0.05, 0.1) is 32.0 Å². The molecule has 1 aromatic carbocycles. The molecule has 3 N–H and O–H groups in total. The summed E-state index contributed by atoms with van der Waals surface area (Å²) in [4.78, 5) is 17.9. The van der Waals surface area contributed by atoms with Crippen LogP contribution in [0.3, 0.4) is 0 Å². The molecule has 4 aliphatic carbocycles. The van der Waals surface area contributed by atoms with Crippen LogP contribution < -0.4 is 14.9 Å². The number of rotatable bonds is 6. The Morgan fingerprint density at radius 1 is 1.14 bits per heavy atom. The summed E-state index contributed by atoms with van der Waals surface area (Å²) in [7, 11) is 3.04. The summed E-state index contributed by atoms with van der Waals surface area (Å²) in [6.07, 6.45) is 7.79. The second-order valence-corrected chi connectivity index (χ2v) is 11.4. The van der Waals surface area contributed by atoms with Crippen molar-refractivity contribution in [2.24, 2.45) is 17.8 Å². The molecular formula is C26H30N4O4S. The van der Waals surface area contributed by atoms with Gasteiger partial charge in [-0.25, -0.2) is 4.98 Å². The number of hydrogen-bond acceptors (Lipinski definition) is 7. The van der Waals surface area contributed by atoms with Gasteiger partial charge in [-0.3, -0.25) is 20.6 Å². The Bertz CT molecular complexity index is 1200. The van der Waals surface area contributed by atoms with Crippen molar-refractivity contribution in [3.63, 3.8) is 0 Å². The standard InChI is InChI=1S/C26H30N4O4S/c1-33-19-4-3-17(8-20(19)34-2)24(32)29-30-12-18(31)22(23(30)27)25-28-21(13-35-25)26-9-14-5-15(10-26)7-16(6-14)11-26/h3-4,8,13-16,27,31H,5-7,9-12H2,1-2H3,(H,29,32). The number of aliphatic hydroxyl groups is 1. The fourth-order valence-corrected chi connectivity index (χ4v) is 8.13. The Kier molecular flexibility index (Phi) is 5.28. The van der Waals surface area contributed by atoms with Crippen LogP contribution in [0.1, 0.15) is 59.6 Å². The molecule has 4 bridgehead atoms. The van der Waals surface area contributed by atoms with Crippen molar-refractivity contribution < 1.29 is 19.4 Å². The number of nitrogens with zero attached hydrogens (tertiary/aromatic N) is 2. The molecule has 0 radical (unpaired) electrons. The molecule has 4 saturated carbocycles. The summed E-state index contributed by atoms with van der Waals surface area (Å²) >= 11 is 1.49. The molecular weight excluding hydrogens is 464 g/mol. The van der Waals surface area contributed by atoms with Crippen molar-refractivity contribution in [2.45, 2.75) is 43.9 Å². The molecule has 184 valence electrons. The number of ether oxygens (including phenoxy) is 2. The number of aromatic nitrogens is 1. The van der Waals surface area contributed by atoms with E-state index in [1.54, 1.807) is 18.2 Å². The third-order valence-corrected chi connectivity index (χ3v) is 9.14. The van der Waals surface area contributed by atoms with E-state index in [9.17, 15) is 9.90 Å². The fourth-order valence-electron chi connectivity index (χ4n) is 7.12. The van der Waals surface area contributed by atoms with E-state index in [4.69, 9.17) is 19.9 Å². The van der Waals surface area contributed by atoms with Gasteiger partial charge in [-0.15, -0.1) is 11.3 Å². The molecule has 0 spiro atoms. The Morgan fingerprint density at radius 2 is 1.80 bits per heavy atom. The average molecular weight is 495 g/mol. The first kappa shape index (κ1) is 22.4. The van der Waals surface area contributed by atoms with Gasteiger partial charge in [0.15, 0.2) is 17.3 Å². The number of amidine groups is 1. The number of hydrazine groups is 1. The lowest BCUT2D eigenvalue weighted by Crippen LogP contribution is -2.48. The quantitative estimate of drug-likeness (QED) is 0.544. The number of carbonyl (C=O) groups excluding carboxylic acids is 1. The van der Waals surface area contributed by atoms with Gasteiger partial charge in [0.1, 0.15) is 10.8 Å². The van der Waals surface area contributed by atoms with E-state index in [0.717, 1.165) is 23.4 Å². The summed E-state index contributed by atoms with van der Waals surface area (Å²) in [6, 6.07) is 4.87. The Labute approximate surface area is 208 Å². The third-order valence-electron chi connectivity index (χ3n) is 8.29. The van der Waals surface area contributed by atoms with Crippen LogP contribution in [0.5, 0.6) is 11.5 Å². The van der Waals surface area contributed by atoms with Gasteiger partial charge in [-0.2, -0.15) is 0 Å². The van der Waals surface area contributed by atoms with Gasteiger partial charge in [0, 0.05) is 16.4 Å². The van der Waals surface area contributed by atoms with Crippen molar-refractivity contribution in [2.75, 3.05) is 20.8 Å². The Balaban J connectivity index is 1.19. The third kappa shape index (κ3) is 3.67. The summed E-state index contributed by atoms with van der Waals surface area (Å²) in [5.74, 6) is 3.13. The number of nitrogens with one attached hydrogen (secondary N) is 2. The minimum absolute atomic E-state index is 0.0273. The first-order valence-corrected chi connectivity index (χ1v) is 13.0. The van der Waals surface area contributed by atoms with Gasteiger partial charge in [0.25, 0.3) is 5.91 Å². The van der Waals surface area contributed by atoms with Crippen LogP contribution in [0.4, 0.5) is 0 Å². The molecule has 0 unspecified atom stereocenters. The number of benzene rings is 1. The van der Waals surface area contributed by atoms with Crippen LogP contribution in [0.25, 0.3) is 5.57 Å². The molecule has 2 aromatic rings. The molecule has 0 atom stereocenters. The van der Waals surface area contributed by atoms with Crippen LogP contribution in [0, 0.1) is 23.2 Å². The minimum atomic E-state index is -0.404. The number of methoxy groups -OCH3 is 2. The van der Waals surface area contributed by atoms with Gasteiger partial charge >= 0.3 is 0 Å². The van der Waals surface area contributed by atoms with E-state index >= 15 is 0 Å². The van der Waals surface area contributed by atoms with Crippen molar-refractivity contribution in [1.82, 2.24) is 15.4 Å². The molecule has 1 aromatic heterocycles. The normalized spacial score (nSPS) is 29.1. The van der Waals surface area contributed by atoms with Crippen LogP contribution in [0.15, 0.2) is 29.3 Å². The van der Waals surface area contributed by atoms with E-state index in [0.29, 0.717) is 27.6 Å². The van der Waals surface area contributed by atoms with E-state index in [-0.39, 0.29) is 23.6 Å². The fraction of sp³-hybridized carbons (Fsp3) is 0.500. The van der Waals surface area contributed by atoms with E-state index in [1.807, 2.05) is 0 Å². The predicted molar refractivity (Wildman–Crippen MR) is 133 cm³/mol. The number of carbonyl (C=O) groups is 1. The average Bonchev–Trinajstić information content (AvgIpc) is 3.42. The first-order valence-electron chi connectivity index (χ1n) is 12.2. The smallest absolute Gasteiger partial charge is 0.269 e. The number of hydrogen-bond donors (Lipinski definition) is 3. The molecule has 0 saturated heterocycles. The molecule has 1 amide bonds. The molecule has 1 aliphatic heterocycles. The number of aliphatic hydroxyl groups excluding tert-OH is 1. The SMILES string of the molecule is COc1ccc(C(=O)NN2CC(O)=C(c3nc(C45CC6CC(CC(C6)C4)C5)cs3)C2=N)cc1OC. The van der Waals surface area contributed by atoms with Gasteiger partial charge < -0.3 is 14.6 Å². The van der Waals surface area contributed by atoms with Crippen molar-refractivity contribution in [3.05, 3.63) is 45.6 Å². The van der Waals surface area contributed by atoms with Crippen LogP contribution in [-0.2, 0) is 5.41 Å². The molecule has 9 heteroatoms. The lowest BCUT2D eigenvalue weighted by Gasteiger charge is -2.56. The highest BCUT2D eigenvalue weighted by Gasteiger charge is 2.52. The summed E-state index contributed by atoms with van der Waals surface area (Å²) in [5.41, 5.74) is 4.80. The van der Waals surface area contributed by atoms with Gasteiger partial charge in [0.2, 0.25) is 0 Å². The predicted octanol–water partition coefficient (Wildman–Crippen LogP) is 4.54. The summed E-state index contributed by atoms with van der Waals surface area (Å²) < 4.78 is 10.5. The molecule has 2 heterocycles. The topological polar surface area (TPSA) is 108 Å². The lowest BCUT2D eigenvalue weighted by atomic mass is 9.49. The van der Waals surface area contributed by atoms with Crippen molar-refractivity contribution >= 4 is 28.7 Å². The van der Waals surface area contributed by atoms with Gasteiger partial charge in [-0.1, -0.05) is 0 Å². The zero-order chi connectivity index (χ0) is 24.3. The maximum Gasteiger partial charge on any atom is 0.269 e. The molecule has 5 aliphatic rings. The zero-order valence-electron chi connectivity index (χ0n) is 20.0. The second-order valence-electron chi connectivity index (χ2n) is 10.5. The Hall–Kier alpha value is -3.07. The first-order chi connectivity index (χ1) is 16.9. The molecule has 7 rings (SSSR count). The zero-order valence-corrected chi connectivity index (χ0v) is 20.8. The maximum atomic E-state index is 12.9. The van der Waals surface area contributed by atoms with Crippen molar-refractivity contribution in [1.29, 1.82) is 5.41 Å². The highest BCUT2D eigenvalue weighted by Crippen LogP contribution is 2.60. The summed E-state index contributed by atoms with van der Waals surface area (Å²) in [6.45, 7) is 0.0273. The monoisotopic (exact) mass is 494 g/mol. The van der Waals surface area contributed by atoms with E-state index in [1.165, 1.54) is 69.1 Å². The van der Waals surface area contributed by atoms with Crippen molar-refractivity contribution in [3.8, 4) is 11.5 Å². The highest BCUT2D eigenvalue weighted by atomic mass is 32.1. The van der Waals surface area contributed by atoms with E-state index < -0.39 is 5.91 Å². The van der Waals surface area contributed by atoms with Crippen LogP contribution in [0.2, 0.25) is 0 Å². The largest absolute Gasteiger partial charge is 0.509 e. The molecule has 8 nitrogen and oxygen atoms in total. The lowest BCUT2D eigenvalue weighted by molar-refractivity contribution is -0.00694. The summed E-state index contributed by atoms with van der Waals surface area (Å²) in [5, 5.41) is 23.6.